The minimum atomic E-state index is -0.446. The molecule has 0 radical (unpaired) electrons. The first-order chi connectivity index (χ1) is 6.70. The molecular formula is C11H15BrO2. The third-order valence-electron chi connectivity index (χ3n) is 1.93. The molecule has 2 nitrogen and oxygen atoms in total. The Balaban J connectivity index is 2.22. The molecule has 0 unspecified atom stereocenters. The maximum Gasteiger partial charge on any atom is 0.0895 e. The topological polar surface area (TPSA) is 29.5 Å². The fourth-order valence-corrected chi connectivity index (χ4v) is 1.16. The van der Waals surface area contributed by atoms with E-state index in [1.165, 1.54) is 0 Å². The van der Waals surface area contributed by atoms with Crippen LogP contribution < -0.4 is 0 Å². The zero-order valence-corrected chi connectivity index (χ0v) is 9.78. The van der Waals surface area contributed by atoms with Gasteiger partial charge in [-0.05, 0) is 5.56 Å². The summed E-state index contributed by atoms with van der Waals surface area (Å²) >= 11 is 3.30. The molecule has 1 aromatic rings. The van der Waals surface area contributed by atoms with Gasteiger partial charge in [-0.3, -0.25) is 0 Å². The van der Waals surface area contributed by atoms with Crippen LogP contribution in [-0.4, -0.2) is 22.6 Å². The van der Waals surface area contributed by atoms with Crippen molar-refractivity contribution in [2.45, 2.75) is 24.5 Å². The minimum Gasteiger partial charge on any atom is -0.390 e. The van der Waals surface area contributed by atoms with Crippen LogP contribution in [0.4, 0.5) is 0 Å². The van der Waals surface area contributed by atoms with Gasteiger partial charge in [0.05, 0.1) is 19.3 Å². The lowest BCUT2D eigenvalue weighted by molar-refractivity contribution is 0.0304. The fraction of sp³-hybridized carbons (Fsp3) is 0.455. The van der Waals surface area contributed by atoms with Crippen molar-refractivity contribution in [3.63, 3.8) is 0 Å². The van der Waals surface area contributed by atoms with E-state index in [4.69, 9.17) is 4.74 Å². The lowest BCUT2D eigenvalue weighted by Gasteiger charge is -2.13. The Morgan fingerprint density at radius 2 is 2.00 bits per heavy atom. The van der Waals surface area contributed by atoms with E-state index < -0.39 is 6.10 Å². The van der Waals surface area contributed by atoms with Crippen LogP contribution in [0.5, 0.6) is 0 Å². The van der Waals surface area contributed by atoms with Gasteiger partial charge in [-0.2, -0.15) is 0 Å². The van der Waals surface area contributed by atoms with Crippen molar-refractivity contribution < 1.29 is 9.84 Å². The van der Waals surface area contributed by atoms with Crippen LogP contribution in [0, 0.1) is 0 Å². The summed E-state index contributed by atoms with van der Waals surface area (Å²) in [5.41, 5.74) is 1.13. The molecule has 0 aromatic heterocycles. The van der Waals surface area contributed by atoms with Crippen molar-refractivity contribution in [2.75, 3.05) is 6.61 Å². The Bertz CT molecular complexity index is 249. The third kappa shape index (κ3) is 4.22. The quantitative estimate of drug-likeness (QED) is 0.822. The minimum absolute atomic E-state index is 0.0678. The Morgan fingerprint density at radius 3 is 2.57 bits per heavy atom. The molecule has 1 rings (SSSR count). The van der Waals surface area contributed by atoms with E-state index in [0.29, 0.717) is 13.2 Å². The summed E-state index contributed by atoms with van der Waals surface area (Å²) in [7, 11) is 0. The van der Waals surface area contributed by atoms with Crippen molar-refractivity contribution in [1.82, 2.24) is 0 Å². The van der Waals surface area contributed by atoms with Crippen LogP contribution in [0.25, 0.3) is 0 Å². The highest BCUT2D eigenvalue weighted by atomic mass is 79.9. The molecule has 14 heavy (non-hydrogen) atoms. The molecule has 0 saturated heterocycles. The van der Waals surface area contributed by atoms with Crippen LogP contribution in [0.15, 0.2) is 30.3 Å². The summed E-state index contributed by atoms with van der Waals surface area (Å²) in [6, 6.07) is 9.93. The first kappa shape index (κ1) is 11.7. The highest BCUT2D eigenvalue weighted by Gasteiger charge is 2.09. The lowest BCUT2D eigenvalue weighted by atomic mass is 10.2. The molecule has 1 N–H and O–H groups in total. The number of ether oxygens (including phenoxy) is 1. The molecule has 2 atom stereocenters. The second kappa shape index (κ2) is 6.17. The first-order valence-electron chi connectivity index (χ1n) is 4.64. The number of halogens is 1. The van der Waals surface area contributed by atoms with Crippen LogP contribution in [0.1, 0.15) is 12.5 Å². The fourth-order valence-electron chi connectivity index (χ4n) is 1.00. The standard InChI is InChI=1S/C11H15BrO2/c1-9(12)11(13)8-14-7-10-5-3-2-4-6-10/h2-6,9,11,13H,7-8H2,1H3/t9-,11+/m1/s1. The van der Waals surface area contributed by atoms with Crippen LogP contribution in [0.2, 0.25) is 0 Å². The van der Waals surface area contributed by atoms with E-state index in [1.807, 2.05) is 37.3 Å². The Labute approximate surface area is 93.0 Å². The molecule has 3 heteroatoms. The molecule has 0 bridgehead atoms. The molecule has 1 aromatic carbocycles. The van der Waals surface area contributed by atoms with Gasteiger partial charge >= 0.3 is 0 Å². The van der Waals surface area contributed by atoms with Crippen molar-refractivity contribution in [2.24, 2.45) is 0 Å². The van der Waals surface area contributed by atoms with Gasteiger partial charge in [0.2, 0.25) is 0 Å². The SMILES string of the molecule is C[C@@H](Br)[C@@H](O)COCc1ccccc1. The van der Waals surface area contributed by atoms with Gasteiger partial charge in [-0.1, -0.05) is 53.2 Å². The van der Waals surface area contributed by atoms with Crippen molar-refractivity contribution in [3.8, 4) is 0 Å². The van der Waals surface area contributed by atoms with E-state index in [1.54, 1.807) is 0 Å². The average molecular weight is 259 g/mol. The van der Waals surface area contributed by atoms with Crippen molar-refractivity contribution in [3.05, 3.63) is 35.9 Å². The highest BCUT2D eigenvalue weighted by Crippen LogP contribution is 2.06. The average Bonchev–Trinajstić information content (AvgIpc) is 2.19. The number of aliphatic hydroxyl groups is 1. The van der Waals surface area contributed by atoms with Gasteiger partial charge in [0.25, 0.3) is 0 Å². The van der Waals surface area contributed by atoms with Crippen LogP contribution in [0.3, 0.4) is 0 Å². The van der Waals surface area contributed by atoms with E-state index in [-0.39, 0.29) is 4.83 Å². The van der Waals surface area contributed by atoms with E-state index in [0.717, 1.165) is 5.56 Å². The molecule has 0 aliphatic rings. The molecule has 0 heterocycles. The summed E-state index contributed by atoms with van der Waals surface area (Å²) < 4.78 is 5.36. The summed E-state index contributed by atoms with van der Waals surface area (Å²) in [5, 5.41) is 9.43. The second-order valence-corrected chi connectivity index (χ2v) is 4.69. The Hall–Kier alpha value is -0.380. The molecule has 0 spiro atoms. The monoisotopic (exact) mass is 258 g/mol. The maximum absolute atomic E-state index is 9.43. The van der Waals surface area contributed by atoms with Gasteiger partial charge in [0.1, 0.15) is 0 Å². The first-order valence-corrected chi connectivity index (χ1v) is 5.55. The Morgan fingerprint density at radius 1 is 1.36 bits per heavy atom. The normalized spacial score (nSPS) is 15.1. The zero-order chi connectivity index (χ0) is 10.4. The van der Waals surface area contributed by atoms with Gasteiger partial charge in [0, 0.05) is 4.83 Å². The largest absolute Gasteiger partial charge is 0.390 e. The predicted octanol–water partition coefficient (Wildman–Crippen LogP) is 2.35. The number of aliphatic hydroxyl groups excluding tert-OH is 1. The maximum atomic E-state index is 9.43. The molecule has 0 aliphatic carbocycles. The van der Waals surface area contributed by atoms with Gasteiger partial charge in [-0.15, -0.1) is 0 Å². The Kier molecular flexibility index (Phi) is 5.15. The summed E-state index contributed by atoms with van der Waals surface area (Å²) in [5.74, 6) is 0. The molecule has 0 amide bonds. The molecule has 0 saturated carbocycles. The zero-order valence-electron chi connectivity index (χ0n) is 8.19. The highest BCUT2D eigenvalue weighted by molar-refractivity contribution is 9.09. The molecule has 78 valence electrons. The predicted molar refractivity (Wildman–Crippen MR) is 60.5 cm³/mol. The molecule has 0 aliphatic heterocycles. The van der Waals surface area contributed by atoms with Gasteiger partial charge in [-0.25, -0.2) is 0 Å². The van der Waals surface area contributed by atoms with Crippen molar-refractivity contribution >= 4 is 15.9 Å². The number of hydrogen-bond donors (Lipinski definition) is 1. The van der Waals surface area contributed by atoms with Gasteiger partial charge < -0.3 is 9.84 Å². The second-order valence-electron chi connectivity index (χ2n) is 3.25. The van der Waals surface area contributed by atoms with E-state index >= 15 is 0 Å². The number of hydrogen-bond acceptors (Lipinski definition) is 2. The summed E-state index contributed by atoms with van der Waals surface area (Å²) in [4.78, 5) is 0.0678. The number of benzene rings is 1. The van der Waals surface area contributed by atoms with E-state index in [9.17, 15) is 5.11 Å². The molecular weight excluding hydrogens is 244 g/mol. The smallest absolute Gasteiger partial charge is 0.0895 e. The van der Waals surface area contributed by atoms with Crippen LogP contribution >= 0.6 is 15.9 Å². The number of rotatable bonds is 5. The van der Waals surface area contributed by atoms with Crippen molar-refractivity contribution in [1.29, 1.82) is 0 Å². The van der Waals surface area contributed by atoms with E-state index in [2.05, 4.69) is 15.9 Å². The number of alkyl halides is 1. The van der Waals surface area contributed by atoms with Gasteiger partial charge in [0.15, 0.2) is 0 Å². The molecule has 0 fully saturated rings. The summed E-state index contributed by atoms with van der Waals surface area (Å²) in [6.45, 7) is 2.81. The lowest BCUT2D eigenvalue weighted by Crippen LogP contribution is -2.23. The summed E-state index contributed by atoms with van der Waals surface area (Å²) in [6.07, 6.45) is -0.446. The van der Waals surface area contributed by atoms with Crippen LogP contribution in [-0.2, 0) is 11.3 Å². The third-order valence-corrected chi connectivity index (χ3v) is 2.54.